The first kappa shape index (κ1) is 22.3. The third kappa shape index (κ3) is 6.53. The van der Waals surface area contributed by atoms with Crippen molar-refractivity contribution in [3.63, 3.8) is 0 Å². The Morgan fingerprint density at radius 2 is 2.00 bits per heavy atom. The Balaban J connectivity index is 2.74. The van der Waals surface area contributed by atoms with E-state index in [9.17, 15) is 35.2 Å². The van der Waals surface area contributed by atoms with Crippen LogP contribution in [-0.2, 0) is 10.0 Å². The van der Waals surface area contributed by atoms with Crippen molar-refractivity contribution >= 4 is 27.5 Å². The van der Waals surface area contributed by atoms with Crippen LogP contribution in [0.25, 0.3) is 0 Å². The first-order chi connectivity index (χ1) is 11.8. The lowest BCUT2D eigenvalue weighted by atomic mass is 10.2. The van der Waals surface area contributed by atoms with Crippen LogP contribution in [0.5, 0.6) is 5.75 Å². The van der Waals surface area contributed by atoms with Gasteiger partial charge in [0, 0.05) is 0 Å². The molecule has 0 aliphatic rings. The number of pyridine rings is 1. The van der Waals surface area contributed by atoms with Crippen LogP contribution in [0.1, 0.15) is 17.3 Å². The fraction of sp³-hybridized carbons (Fsp3) is 0.500. The zero-order valence-corrected chi connectivity index (χ0v) is 14.6. The van der Waals surface area contributed by atoms with E-state index in [-0.39, 0.29) is 16.5 Å². The van der Waals surface area contributed by atoms with Gasteiger partial charge < -0.3 is 10.1 Å². The molecule has 0 unspecified atom stereocenters. The summed E-state index contributed by atoms with van der Waals surface area (Å²) < 4.78 is 89.3. The van der Waals surface area contributed by atoms with Crippen molar-refractivity contribution in [3.8, 4) is 5.75 Å². The number of carbonyl (C=O) groups is 1. The monoisotopic (exact) mass is 425 g/mol. The molecule has 0 fully saturated rings. The maximum atomic E-state index is 12.3. The highest BCUT2D eigenvalue weighted by atomic mass is 35.5. The SMILES string of the molecule is C[C@@H](COc1cnc(Cl)c(C(=O)NCC(F)F)c1)NS(=O)(=O)C(F)(F)F. The number of hydrogen-bond acceptors (Lipinski definition) is 5. The summed E-state index contributed by atoms with van der Waals surface area (Å²) in [5, 5.41) is 1.58. The summed E-state index contributed by atoms with van der Waals surface area (Å²) in [7, 11) is -5.55. The Morgan fingerprint density at radius 1 is 1.38 bits per heavy atom. The minimum Gasteiger partial charge on any atom is -0.490 e. The number of hydrogen-bond donors (Lipinski definition) is 2. The van der Waals surface area contributed by atoms with E-state index >= 15 is 0 Å². The van der Waals surface area contributed by atoms with Crippen LogP contribution >= 0.6 is 11.6 Å². The second-order valence-electron chi connectivity index (χ2n) is 4.89. The Labute approximate surface area is 149 Å². The number of rotatable bonds is 8. The minimum absolute atomic E-state index is 0.130. The van der Waals surface area contributed by atoms with Crippen LogP contribution in [-0.4, -0.2) is 50.4 Å². The third-order valence-corrected chi connectivity index (χ3v) is 4.26. The summed E-state index contributed by atoms with van der Waals surface area (Å²) in [6, 6.07) is -0.241. The molecule has 0 aromatic carbocycles. The van der Waals surface area contributed by atoms with Gasteiger partial charge in [-0.15, -0.1) is 0 Å². The van der Waals surface area contributed by atoms with Crippen molar-refractivity contribution in [1.29, 1.82) is 0 Å². The Morgan fingerprint density at radius 3 is 2.54 bits per heavy atom. The van der Waals surface area contributed by atoms with E-state index in [2.05, 4.69) is 4.98 Å². The first-order valence-corrected chi connectivity index (χ1v) is 8.63. The predicted octanol–water partition coefficient (Wildman–Crippen LogP) is 1.94. The second kappa shape index (κ2) is 8.77. The van der Waals surface area contributed by atoms with Gasteiger partial charge in [0.15, 0.2) is 0 Å². The fourth-order valence-corrected chi connectivity index (χ4v) is 2.44. The molecule has 0 saturated heterocycles. The molecule has 7 nitrogen and oxygen atoms in total. The van der Waals surface area contributed by atoms with Crippen molar-refractivity contribution in [3.05, 3.63) is 23.0 Å². The fourth-order valence-electron chi connectivity index (χ4n) is 1.52. The molecule has 0 spiro atoms. The van der Waals surface area contributed by atoms with Crippen LogP contribution in [0.3, 0.4) is 0 Å². The molecule has 0 bridgehead atoms. The van der Waals surface area contributed by atoms with Gasteiger partial charge in [-0.25, -0.2) is 26.9 Å². The van der Waals surface area contributed by atoms with Gasteiger partial charge in [-0.1, -0.05) is 11.6 Å². The summed E-state index contributed by atoms with van der Waals surface area (Å²) >= 11 is 5.67. The van der Waals surface area contributed by atoms with Crippen LogP contribution in [0.15, 0.2) is 12.3 Å². The molecule has 1 aromatic rings. The molecule has 1 rings (SSSR count). The van der Waals surface area contributed by atoms with Crippen molar-refractivity contribution in [1.82, 2.24) is 15.0 Å². The standard InChI is InChI=1S/C12H13ClF5N3O4S/c1-6(21-26(23,24)12(16,17)18)5-25-7-2-8(10(13)19-3-7)11(22)20-4-9(14)15/h2-3,6,9,21H,4-5H2,1H3,(H,20,22)/t6-/m0/s1. The van der Waals surface area contributed by atoms with Gasteiger partial charge in [-0.3, -0.25) is 4.79 Å². The van der Waals surface area contributed by atoms with E-state index in [4.69, 9.17) is 16.3 Å². The smallest absolute Gasteiger partial charge is 0.490 e. The number of alkyl halides is 5. The van der Waals surface area contributed by atoms with E-state index in [0.29, 0.717) is 0 Å². The van der Waals surface area contributed by atoms with Gasteiger partial charge in [0.25, 0.3) is 12.3 Å². The van der Waals surface area contributed by atoms with Gasteiger partial charge >= 0.3 is 15.5 Å². The molecule has 1 aromatic heterocycles. The number of carbonyl (C=O) groups excluding carboxylic acids is 1. The molecule has 14 heteroatoms. The van der Waals surface area contributed by atoms with Crippen molar-refractivity contribution in [2.75, 3.05) is 13.2 Å². The molecule has 0 aliphatic heterocycles. The quantitative estimate of drug-likeness (QED) is 0.490. The summed E-state index contributed by atoms with van der Waals surface area (Å²) in [6.07, 6.45) is -1.76. The number of ether oxygens (including phenoxy) is 1. The molecular weight excluding hydrogens is 413 g/mol. The molecule has 1 atom stereocenters. The highest BCUT2D eigenvalue weighted by Crippen LogP contribution is 2.22. The van der Waals surface area contributed by atoms with Crippen LogP contribution < -0.4 is 14.8 Å². The molecule has 0 radical (unpaired) electrons. The van der Waals surface area contributed by atoms with E-state index in [0.717, 1.165) is 19.2 Å². The second-order valence-corrected chi connectivity index (χ2v) is 6.95. The van der Waals surface area contributed by atoms with Crippen LogP contribution in [0.4, 0.5) is 22.0 Å². The predicted molar refractivity (Wildman–Crippen MR) is 80.7 cm³/mol. The van der Waals surface area contributed by atoms with E-state index in [1.165, 1.54) is 4.72 Å². The molecule has 2 N–H and O–H groups in total. The lowest BCUT2D eigenvalue weighted by Gasteiger charge is -2.16. The maximum Gasteiger partial charge on any atom is 0.511 e. The summed E-state index contributed by atoms with van der Waals surface area (Å²) in [5.41, 5.74) is -5.77. The molecular formula is C12H13ClF5N3O4S. The zero-order valence-electron chi connectivity index (χ0n) is 13.0. The number of sulfonamides is 1. The molecule has 0 aliphatic carbocycles. The third-order valence-electron chi connectivity index (χ3n) is 2.64. The lowest BCUT2D eigenvalue weighted by molar-refractivity contribution is -0.0451. The number of nitrogens with one attached hydrogen (secondary N) is 2. The van der Waals surface area contributed by atoms with Crippen LogP contribution in [0, 0.1) is 0 Å². The van der Waals surface area contributed by atoms with Crippen molar-refractivity contribution < 1.29 is 39.9 Å². The molecule has 26 heavy (non-hydrogen) atoms. The van der Waals surface area contributed by atoms with Crippen LogP contribution in [0.2, 0.25) is 5.15 Å². The molecule has 1 amide bonds. The zero-order chi connectivity index (χ0) is 20.1. The van der Waals surface area contributed by atoms with E-state index in [1.54, 1.807) is 0 Å². The largest absolute Gasteiger partial charge is 0.511 e. The van der Waals surface area contributed by atoms with Gasteiger partial charge in [0.1, 0.15) is 17.5 Å². The van der Waals surface area contributed by atoms with Gasteiger partial charge in [-0.05, 0) is 13.0 Å². The highest BCUT2D eigenvalue weighted by Gasteiger charge is 2.46. The summed E-state index contributed by atoms with van der Waals surface area (Å²) in [4.78, 5) is 15.3. The molecule has 1 heterocycles. The number of nitrogens with zero attached hydrogens (tertiary/aromatic N) is 1. The maximum absolute atomic E-state index is 12.3. The summed E-state index contributed by atoms with van der Waals surface area (Å²) in [5.74, 6) is -1.09. The van der Waals surface area contributed by atoms with Crippen molar-refractivity contribution in [2.24, 2.45) is 0 Å². The Kier molecular flexibility index (Phi) is 7.53. The number of amides is 1. The van der Waals surface area contributed by atoms with Crippen molar-refractivity contribution in [2.45, 2.75) is 24.9 Å². The lowest BCUT2D eigenvalue weighted by Crippen LogP contribution is -2.43. The summed E-state index contributed by atoms with van der Waals surface area (Å²) in [6.45, 7) is -0.337. The average Bonchev–Trinajstić information content (AvgIpc) is 2.50. The Bertz CT molecular complexity index is 745. The highest BCUT2D eigenvalue weighted by molar-refractivity contribution is 7.90. The normalized spacial score (nSPS) is 13.5. The molecule has 148 valence electrons. The van der Waals surface area contributed by atoms with Gasteiger partial charge in [0.2, 0.25) is 0 Å². The minimum atomic E-state index is -5.55. The molecule has 0 saturated carbocycles. The Hall–Kier alpha value is -1.73. The van der Waals surface area contributed by atoms with Gasteiger partial charge in [-0.2, -0.15) is 13.2 Å². The average molecular weight is 426 g/mol. The number of halogens is 6. The van der Waals surface area contributed by atoms with E-state index < -0.39 is 47.1 Å². The first-order valence-electron chi connectivity index (χ1n) is 6.76. The van der Waals surface area contributed by atoms with E-state index in [1.807, 2.05) is 5.32 Å². The van der Waals surface area contributed by atoms with Gasteiger partial charge in [0.05, 0.1) is 24.3 Å². The number of aromatic nitrogens is 1. The topological polar surface area (TPSA) is 97.4 Å².